The van der Waals surface area contributed by atoms with Gasteiger partial charge in [-0.15, -0.1) is 0 Å². The van der Waals surface area contributed by atoms with Crippen molar-refractivity contribution in [1.82, 2.24) is 5.32 Å². The van der Waals surface area contributed by atoms with Gasteiger partial charge in [0.1, 0.15) is 5.75 Å². The molecule has 2 amide bonds. The molecule has 1 aliphatic carbocycles. The summed E-state index contributed by atoms with van der Waals surface area (Å²) in [6.07, 6.45) is 4.89. The van der Waals surface area contributed by atoms with Crippen LogP contribution in [0.2, 0.25) is 0 Å². The Morgan fingerprint density at radius 2 is 1.63 bits per heavy atom. The van der Waals surface area contributed by atoms with Gasteiger partial charge in [0, 0.05) is 6.04 Å². The van der Waals surface area contributed by atoms with Crippen LogP contribution < -0.4 is 15.4 Å². The number of carbonyl (C=O) groups excluding carboxylic acids is 2. The molecule has 0 aliphatic heterocycles. The Morgan fingerprint density at radius 1 is 0.963 bits per heavy atom. The molecule has 0 saturated heterocycles. The Labute approximate surface area is 160 Å². The molecule has 5 nitrogen and oxygen atoms in total. The van der Waals surface area contributed by atoms with Gasteiger partial charge in [0.25, 0.3) is 11.8 Å². The second-order valence-corrected chi connectivity index (χ2v) is 6.92. The van der Waals surface area contributed by atoms with E-state index in [0.717, 1.165) is 25.7 Å². The predicted molar refractivity (Wildman–Crippen MR) is 106 cm³/mol. The van der Waals surface area contributed by atoms with E-state index >= 15 is 0 Å². The molecule has 0 radical (unpaired) electrons. The molecule has 0 unspecified atom stereocenters. The van der Waals surface area contributed by atoms with E-state index in [9.17, 15) is 9.59 Å². The van der Waals surface area contributed by atoms with Crippen molar-refractivity contribution in [3.05, 3.63) is 60.2 Å². The maximum atomic E-state index is 12.7. The summed E-state index contributed by atoms with van der Waals surface area (Å²) < 4.78 is 5.66. The summed E-state index contributed by atoms with van der Waals surface area (Å²) in [5.74, 6) is 0.190. The summed E-state index contributed by atoms with van der Waals surface area (Å²) >= 11 is 0. The van der Waals surface area contributed by atoms with Crippen LogP contribution in [-0.4, -0.2) is 24.0 Å². The number of para-hydroxylation sites is 2. The van der Waals surface area contributed by atoms with E-state index in [1.54, 1.807) is 43.3 Å². The molecule has 0 heterocycles. The normalized spacial score (nSPS) is 15.6. The fraction of sp³-hybridized carbons (Fsp3) is 0.364. The summed E-state index contributed by atoms with van der Waals surface area (Å²) in [5, 5.41) is 5.92. The predicted octanol–water partition coefficient (Wildman–Crippen LogP) is 4.16. The van der Waals surface area contributed by atoms with Crippen molar-refractivity contribution in [2.75, 3.05) is 5.32 Å². The molecule has 27 heavy (non-hydrogen) atoms. The van der Waals surface area contributed by atoms with Crippen molar-refractivity contribution in [2.45, 2.75) is 51.2 Å². The number of amides is 2. The molecule has 1 atom stereocenters. The number of rotatable bonds is 6. The van der Waals surface area contributed by atoms with E-state index in [0.29, 0.717) is 17.0 Å². The van der Waals surface area contributed by atoms with Crippen LogP contribution in [0.1, 0.15) is 49.4 Å². The van der Waals surface area contributed by atoms with Gasteiger partial charge in [-0.05, 0) is 44.0 Å². The van der Waals surface area contributed by atoms with Crippen molar-refractivity contribution in [3.63, 3.8) is 0 Å². The number of ether oxygens (including phenoxy) is 1. The van der Waals surface area contributed by atoms with E-state index in [-0.39, 0.29) is 17.9 Å². The Morgan fingerprint density at radius 3 is 2.37 bits per heavy atom. The Hall–Kier alpha value is -2.82. The molecule has 1 saturated carbocycles. The lowest BCUT2D eigenvalue weighted by molar-refractivity contribution is -0.122. The van der Waals surface area contributed by atoms with Crippen molar-refractivity contribution in [2.24, 2.45) is 0 Å². The lowest BCUT2D eigenvalue weighted by Crippen LogP contribution is -2.37. The van der Waals surface area contributed by atoms with Crippen LogP contribution in [0.5, 0.6) is 5.75 Å². The number of hydrogen-bond acceptors (Lipinski definition) is 3. The van der Waals surface area contributed by atoms with E-state index < -0.39 is 6.10 Å². The highest BCUT2D eigenvalue weighted by atomic mass is 16.5. The van der Waals surface area contributed by atoms with Gasteiger partial charge >= 0.3 is 0 Å². The van der Waals surface area contributed by atoms with Crippen LogP contribution in [0.15, 0.2) is 54.6 Å². The SMILES string of the molecule is C[C@@H](Oc1ccccc1)C(=O)Nc1ccccc1C(=O)NC1CCCCC1. The van der Waals surface area contributed by atoms with Crippen molar-refractivity contribution < 1.29 is 14.3 Å². The van der Waals surface area contributed by atoms with E-state index in [1.165, 1.54) is 6.42 Å². The van der Waals surface area contributed by atoms with Crippen LogP contribution >= 0.6 is 0 Å². The smallest absolute Gasteiger partial charge is 0.265 e. The highest BCUT2D eigenvalue weighted by molar-refractivity contribution is 6.04. The number of anilines is 1. The second kappa shape index (κ2) is 9.21. The van der Waals surface area contributed by atoms with Gasteiger partial charge in [0.15, 0.2) is 6.10 Å². The molecule has 5 heteroatoms. The van der Waals surface area contributed by atoms with E-state index in [4.69, 9.17) is 4.74 Å². The first-order chi connectivity index (χ1) is 13.1. The number of hydrogen-bond donors (Lipinski definition) is 2. The van der Waals surface area contributed by atoms with Crippen LogP contribution in [0, 0.1) is 0 Å². The third-order valence-electron chi connectivity index (χ3n) is 4.80. The van der Waals surface area contributed by atoms with Gasteiger partial charge in [-0.3, -0.25) is 9.59 Å². The zero-order valence-corrected chi connectivity index (χ0v) is 15.6. The summed E-state index contributed by atoms with van der Waals surface area (Å²) in [6, 6.07) is 16.5. The molecule has 0 spiro atoms. The topological polar surface area (TPSA) is 67.4 Å². The number of carbonyl (C=O) groups is 2. The molecule has 142 valence electrons. The standard InChI is InChI=1S/C22H26N2O3/c1-16(27-18-12-6-3-7-13-18)21(25)24-20-15-9-8-14-19(20)22(26)23-17-10-4-2-5-11-17/h3,6-9,12-17H,2,4-5,10-11H2,1H3,(H,23,26)(H,24,25)/t16-/m1/s1. The van der Waals surface area contributed by atoms with Crippen molar-refractivity contribution >= 4 is 17.5 Å². The van der Waals surface area contributed by atoms with Crippen LogP contribution in [0.3, 0.4) is 0 Å². The van der Waals surface area contributed by atoms with Gasteiger partial charge in [0.2, 0.25) is 0 Å². The number of nitrogens with one attached hydrogen (secondary N) is 2. The lowest BCUT2D eigenvalue weighted by atomic mass is 9.95. The third kappa shape index (κ3) is 5.33. The van der Waals surface area contributed by atoms with Crippen molar-refractivity contribution in [3.8, 4) is 5.75 Å². The fourth-order valence-electron chi connectivity index (χ4n) is 3.29. The Kier molecular flexibility index (Phi) is 6.47. The first kappa shape index (κ1) is 19.0. The van der Waals surface area contributed by atoms with Gasteiger partial charge in [-0.1, -0.05) is 49.6 Å². The molecule has 2 aromatic rings. The highest BCUT2D eigenvalue weighted by Gasteiger charge is 2.21. The minimum atomic E-state index is -0.679. The molecular formula is C22H26N2O3. The monoisotopic (exact) mass is 366 g/mol. The van der Waals surface area contributed by atoms with Gasteiger partial charge in [-0.2, -0.15) is 0 Å². The Balaban J connectivity index is 1.64. The second-order valence-electron chi connectivity index (χ2n) is 6.92. The fourth-order valence-corrected chi connectivity index (χ4v) is 3.29. The quantitative estimate of drug-likeness (QED) is 0.807. The summed E-state index contributed by atoms with van der Waals surface area (Å²) in [4.78, 5) is 25.2. The third-order valence-corrected chi connectivity index (χ3v) is 4.80. The molecule has 1 fully saturated rings. The van der Waals surface area contributed by atoms with Gasteiger partial charge < -0.3 is 15.4 Å². The minimum absolute atomic E-state index is 0.144. The molecule has 1 aliphatic rings. The van der Waals surface area contributed by atoms with Crippen molar-refractivity contribution in [1.29, 1.82) is 0 Å². The maximum Gasteiger partial charge on any atom is 0.265 e. The first-order valence-electron chi connectivity index (χ1n) is 9.56. The summed E-state index contributed by atoms with van der Waals surface area (Å²) in [5.41, 5.74) is 0.975. The lowest BCUT2D eigenvalue weighted by Gasteiger charge is -2.23. The zero-order valence-electron chi connectivity index (χ0n) is 15.6. The Bertz CT molecular complexity index is 770. The molecule has 3 rings (SSSR count). The van der Waals surface area contributed by atoms with E-state index in [1.807, 2.05) is 18.2 Å². The molecule has 0 bridgehead atoms. The minimum Gasteiger partial charge on any atom is -0.481 e. The average molecular weight is 366 g/mol. The average Bonchev–Trinajstić information content (AvgIpc) is 2.70. The number of benzene rings is 2. The zero-order chi connectivity index (χ0) is 19.1. The van der Waals surface area contributed by atoms with Crippen LogP contribution in [0.25, 0.3) is 0 Å². The molecular weight excluding hydrogens is 340 g/mol. The maximum absolute atomic E-state index is 12.7. The van der Waals surface area contributed by atoms with Gasteiger partial charge in [0.05, 0.1) is 11.3 Å². The summed E-state index contributed by atoms with van der Waals surface area (Å²) in [7, 11) is 0. The molecule has 2 aromatic carbocycles. The molecule has 2 N–H and O–H groups in total. The van der Waals surface area contributed by atoms with E-state index in [2.05, 4.69) is 10.6 Å². The largest absolute Gasteiger partial charge is 0.481 e. The summed E-state index contributed by atoms with van der Waals surface area (Å²) in [6.45, 7) is 1.69. The first-order valence-corrected chi connectivity index (χ1v) is 9.56. The van der Waals surface area contributed by atoms with Crippen LogP contribution in [0.4, 0.5) is 5.69 Å². The van der Waals surface area contributed by atoms with Crippen LogP contribution in [-0.2, 0) is 4.79 Å². The highest BCUT2D eigenvalue weighted by Crippen LogP contribution is 2.20. The molecule has 0 aromatic heterocycles. The van der Waals surface area contributed by atoms with Gasteiger partial charge in [-0.25, -0.2) is 0 Å².